The summed E-state index contributed by atoms with van der Waals surface area (Å²) >= 11 is 0. The smallest absolute Gasteiger partial charge is 0.319 e. The van der Waals surface area contributed by atoms with Crippen molar-refractivity contribution in [2.75, 3.05) is 42.2 Å². The summed E-state index contributed by atoms with van der Waals surface area (Å²) in [6, 6.07) is 4.98. The fraction of sp³-hybridized carbons (Fsp3) is 0.500. The molecule has 0 aromatic heterocycles. The predicted octanol–water partition coefficient (Wildman–Crippen LogP) is 1.17. The predicted molar refractivity (Wildman–Crippen MR) is 85.9 cm³/mol. The molecule has 1 aromatic rings. The van der Waals surface area contributed by atoms with Crippen LogP contribution in [0.15, 0.2) is 18.2 Å². The lowest BCUT2D eigenvalue weighted by atomic mass is 10.1. The third-order valence-corrected chi connectivity index (χ3v) is 5.27. The third-order valence-electron chi connectivity index (χ3n) is 3.49. The molecule has 0 bridgehead atoms. The minimum Gasteiger partial charge on any atom is -0.383 e. The molecule has 0 saturated carbocycles. The highest BCUT2D eigenvalue weighted by Gasteiger charge is 2.28. The Morgan fingerprint density at radius 1 is 1.41 bits per heavy atom. The molecule has 22 heavy (non-hydrogen) atoms. The molecule has 1 aliphatic heterocycles. The van der Waals surface area contributed by atoms with E-state index in [1.54, 1.807) is 26.2 Å². The molecule has 0 unspecified atom stereocenters. The number of nitrogens with one attached hydrogen (secondary N) is 2. The Morgan fingerprint density at radius 2 is 2.18 bits per heavy atom. The number of amides is 2. The Labute approximate surface area is 130 Å². The first kappa shape index (κ1) is 16.6. The van der Waals surface area contributed by atoms with Gasteiger partial charge in [0.1, 0.15) is 0 Å². The Kier molecular flexibility index (Phi) is 5.25. The van der Waals surface area contributed by atoms with Crippen LogP contribution in [0.1, 0.15) is 12.5 Å². The van der Waals surface area contributed by atoms with Gasteiger partial charge in [-0.15, -0.1) is 0 Å². The molecule has 7 nitrogen and oxygen atoms in total. The molecule has 122 valence electrons. The summed E-state index contributed by atoms with van der Waals surface area (Å²) in [6.45, 7) is 2.91. The van der Waals surface area contributed by atoms with Crippen molar-refractivity contribution in [3.05, 3.63) is 23.8 Å². The van der Waals surface area contributed by atoms with Gasteiger partial charge in [-0.25, -0.2) is 13.2 Å². The van der Waals surface area contributed by atoms with E-state index >= 15 is 0 Å². The van der Waals surface area contributed by atoms with Crippen molar-refractivity contribution in [2.24, 2.45) is 0 Å². The summed E-state index contributed by atoms with van der Waals surface area (Å²) in [5.74, 6) is 0.0571. The normalized spacial score (nSPS) is 13.8. The maximum Gasteiger partial charge on any atom is 0.319 e. The number of carbonyl (C=O) groups excluding carboxylic acids is 1. The first-order valence-electron chi connectivity index (χ1n) is 7.15. The summed E-state index contributed by atoms with van der Waals surface area (Å²) in [7, 11) is -1.73. The summed E-state index contributed by atoms with van der Waals surface area (Å²) in [6.07, 6.45) is 0.689. The molecule has 0 radical (unpaired) electrons. The van der Waals surface area contributed by atoms with Crippen LogP contribution in [0.2, 0.25) is 0 Å². The largest absolute Gasteiger partial charge is 0.383 e. The van der Waals surface area contributed by atoms with Crippen LogP contribution in [0.25, 0.3) is 0 Å². The van der Waals surface area contributed by atoms with Crippen LogP contribution in [-0.4, -0.2) is 47.0 Å². The number of benzene rings is 1. The van der Waals surface area contributed by atoms with Crippen LogP contribution in [0.5, 0.6) is 0 Å². The summed E-state index contributed by atoms with van der Waals surface area (Å²) < 4.78 is 30.4. The average Bonchev–Trinajstić information content (AvgIpc) is 2.91. The van der Waals surface area contributed by atoms with Crippen molar-refractivity contribution < 1.29 is 17.9 Å². The van der Waals surface area contributed by atoms with Gasteiger partial charge in [-0.2, -0.15) is 0 Å². The number of sulfonamides is 1. The third kappa shape index (κ3) is 3.69. The molecule has 2 rings (SSSR count). The van der Waals surface area contributed by atoms with E-state index in [4.69, 9.17) is 4.74 Å². The van der Waals surface area contributed by atoms with Crippen LogP contribution in [0.4, 0.5) is 16.2 Å². The molecule has 1 heterocycles. The zero-order valence-electron chi connectivity index (χ0n) is 12.8. The molecule has 0 spiro atoms. The van der Waals surface area contributed by atoms with E-state index in [1.807, 2.05) is 6.07 Å². The standard InChI is InChI=1S/C14H21N3O4S/c1-3-22(19,20)17-8-6-11-4-5-12(10-13(11)17)16-14(18)15-7-9-21-2/h4-5,10H,3,6-9H2,1-2H3,(H2,15,16,18). The number of hydrogen-bond donors (Lipinski definition) is 2. The number of ether oxygens (including phenoxy) is 1. The highest BCUT2D eigenvalue weighted by Crippen LogP contribution is 2.32. The zero-order valence-corrected chi connectivity index (χ0v) is 13.6. The molecule has 2 amide bonds. The molecule has 1 aliphatic rings. The van der Waals surface area contributed by atoms with Crippen molar-refractivity contribution in [3.8, 4) is 0 Å². The van der Waals surface area contributed by atoms with E-state index in [0.717, 1.165) is 5.56 Å². The van der Waals surface area contributed by atoms with E-state index < -0.39 is 10.0 Å². The zero-order chi connectivity index (χ0) is 16.2. The number of urea groups is 1. The molecule has 2 N–H and O–H groups in total. The first-order chi connectivity index (χ1) is 10.5. The minimum atomic E-state index is -3.29. The van der Waals surface area contributed by atoms with Gasteiger partial charge >= 0.3 is 6.03 Å². The molecular formula is C14H21N3O4S. The second-order valence-electron chi connectivity index (χ2n) is 4.94. The molecule has 0 saturated heterocycles. The Morgan fingerprint density at radius 3 is 2.86 bits per heavy atom. The van der Waals surface area contributed by atoms with Gasteiger partial charge in [0.05, 0.1) is 18.0 Å². The summed E-state index contributed by atoms with van der Waals surface area (Å²) in [4.78, 5) is 11.7. The molecule has 8 heteroatoms. The number of methoxy groups -OCH3 is 1. The van der Waals surface area contributed by atoms with Crippen molar-refractivity contribution in [1.82, 2.24) is 5.32 Å². The van der Waals surface area contributed by atoms with Crippen molar-refractivity contribution in [2.45, 2.75) is 13.3 Å². The number of nitrogens with zero attached hydrogens (tertiary/aromatic N) is 1. The Hall–Kier alpha value is -1.80. The van der Waals surface area contributed by atoms with Crippen LogP contribution < -0.4 is 14.9 Å². The molecule has 0 fully saturated rings. The van der Waals surface area contributed by atoms with Gasteiger partial charge in [0.15, 0.2) is 0 Å². The number of hydrogen-bond acceptors (Lipinski definition) is 4. The Bertz CT molecular complexity index is 645. The van der Waals surface area contributed by atoms with E-state index in [1.165, 1.54) is 4.31 Å². The average molecular weight is 327 g/mol. The van der Waals surface area contributed by atoms with Crippen molar-refractivity contribution in [3.63, 3.8) is 0 Å². The van der Waals surface area contributed by atoms with E-state index in [-0.39, 0.29) is 11.8 Å². The van der Waals surface area contributed by atoms with Crippen molar-refractivity contribution >= 4 is 27.4 Å². The number of fused-ring (bicyclic) bond motifs is 1. The van der Waals surface area contributed by atoms with Crippen LogP contribution >= 0.6 is 0 Å². The molecule has 0 aliphatic carbocycles. The van der Waals surface area contributed by atoms with E-state index in [0.29, 0.717) is 37.5 Å². The fourth-order valence-electron chi connectivity index (χ4n) is 2.31. The van der Waals surface area contributed by atoms with Gasteiger partial charge in [0.25, 0.3) is 0 Å². The van der Waals surface area contributed by atoms with Gasteiger partial charge in [-0.3, -0.25) is 4.31 Å². The topological polar surface area (TPSA) is 87.7 Å². The highest BCUT2D eigenvalue weighted by atomic mass is 32.2. The lowest BCUT2D eigenvalue weighted by Gasteiger charge is -2.19. The minimum absolute atomic E-state index is 0.0571. The van der Waals surface area contributed by atoms with Gasteiger partial charge < -0.3 is 15.4 Å². The summed E-state index contributed by atoms with van der Waals surface area (Å²) in [5.41, 5.74) is 2.19. The number of anilines is 2. The lowest BCUT2D eigenvalue weighted by Crippen LogP contribution is -2.32. The second-order valence-corrected chi connectivity index (χ2v) is 7.12. The fourth-order valence-corrected chi connectivity index (χ4v) is 3.47. The van der Waals surface area contributed by atoms with Crippen molar-refractivity contribution in [1.29, 1.82) is 0 Å². The molecule has 1 aromatic carbocycles. The van der Waals surface area contributed by atoms with E-state index in [2.05, 4.69) is 10.6 Å². The maximum atomic E-state index is 12.1. The molecular weight excluding hydrogens is 306 g/mol. The number of rotatable bonds is 6. The maximum absolute atomic E-state index is 12.1. The Balaban J connectivity index is 2.11. The van der Waals surface area contributed by atoms with Crippen LogP contribution in [0.3, 0.4) is 0 Å². The molecule has 0 atom stereocenters. The quantitative estimate of drug-likeness (QED) is 0.768. The first-order valence-corrected chi connectivity index (χ1v) is 8.76. The highest BCUT2D eigenvalue weighted by molar-refractivity contribution is 7.92. The lowest BCUT2D eigenvalue weighted by molar-refractivity contribution is 0.198. The second kappa shape index (κ2) is 6.97. The van der Waals surface area contributed by atoms with Gasteiger partial charge in [-0.1, -0.05) is 6.07 Å². The van der Waals surface area contributed by atoms with Gasteiger partial charge in [0.2, 0.25) is 10.0 Å². The van der Waals surface area contributed by atoms with Crippen LogP contribution in [-0.2, 0) is 21.2 Å². The van der Waals surface area contributed by atoms with Gasteiger partial charge in [0, 0.05) is 25.9 Å². The SMILES string of the molecule is CCS(=O)(=O)N1CCc2ccc(NC(=O)NCCOC)cc21. The van der Waals surface area contributed by atoms with Gasteiger partial charge in [-0.05, 0) is 31.0 Å². The van der Waals surface area contributed by atoms with E-state index in [9.17, 15) is 13.2 Å². The monoisotopic (exact) mass is 327 g/mol. The number of carbonyl (C=O) groups is 1. The summed E-state index contributed by atoms with van der Waals surface area (Å²) in [5, 5.41) is 5.34. The van der Waals surface area contributed by atoms with Crippen LogP contribution in [0, 0.1) is 0 Å².